The maximum atomic E-state index is 11.9. The first-order chi connectivity index (χ1) is 13.2. The molecule has 4 rings (SSSR count). The third-order valence-electron chi connectivity index (χ3n) is 7.01. The quantitative estimate of drug-likeness (QED) is 0.349. The van der Waals surface area contributed by atoms with E-state index in [2.05, 4.69) is 17.6 Å². The maximum Gasteiger partial charge on any atom is 0.409 e. The molecule has 0 aromatic rings. The predicted octanol–water partition coefficient (Wildman–Crippen LogP) is 2.74. The fraction of sp³-hybridized carbons (Fsp3) is 0.900. The zero-order valence-corrected chi connectivity index (χ0v) is 19.4. The number of hydrogen-bond donors (Lipinski definition) is 2. The maximum absolute atomic E-state index is 11.9. The predicted molar refractivity (Wildman–Crippen MR) is 119 cm³/mol. The minimum atomic E-state index is -0.190. The van der Waals surface area contributed by atoms with Gasteiger partial charge in [0.2, 0.25) is 0 Å². The molecule has 160 valence electrons. The number of hydrogen-bond acceptors (Lipinski definition) is 4. The molecule has 4 fully saturated rings. The molecule has 3 unspecified atom stereocenters. The normalized spacial score (nSPS) is 31.3. The molecule has 1 spiro atoms. The highest BCUT2D eigenvalue weighted by Gasteiger charge is 2.66. The van der Waals surface area contributed by atoms with Crippen LogP contribution in [0.1, 0.15) is 52.4 Å². The van der Waals surface area contributed by atoms with Crippen molar-refractivity contribution in [2.24, 2.45) is 16.3 Å². The van der Waals surface area contributed by atoms with Crippen molar-refractivity contribution in [3.8, 4) is 0 Å². The number of aliphatic imine (C=N–C) groups is 1. The van der Waals surface area contributed by atoms with Gasteiger partial charge in [0.25, 0.3) is 0 Å². The molecule has 2 saturated carbocycles. The first-order valence-corrected chi connectivity index (χ1v) is 10.8. The SMILES string of the molecule is CCN=C(NC1CCN(C(=O)OCC)CC1)NC1C2CCOC2C12CCC2.I. The van der Waals surface area contributed by atoms with Crippen LogP contribution in [-0.2, 0) is 9.47 Å². The standard InChI is InChI=1S/C20H34N4O3.HI/c1-3-21-18(22-14-6-11-24(12-7-14)19(25)26-4-2)23-16-15-8-13-27-17(15)20(16)9-5-10-20;/h14-17H,3-13H2,1-2H3,(H2,21,22,23);1H. The first kappa shape index (κ1) is 21.9. The van der Waals surface area contributed by atoms with Gasteiger partial charge < -0.3 is 25.0 Å². The number of carbonyl (C=O) groups is 1. The van der Waals surface area contributed by atoms with Crippen molar-refractivity contribution >= 4 is 36.0 Å². The lowest BCUT2D eigenvalue weighted by molar-refractivity contribution is -0.171. The second kappa shape index (κ2) is 9.36. The van der Waals surface area contributed by atoms with E-state index in [1.54, 1.807) is 0 Å². The Labute approximate surface area is 185 Å². The molecule has 2 saturated heterocycles. The zero-order chi connectivity index (χ0) is 18.9. The third-order valence-corrected chi connectivity index (χ3v) is 7.01. The van der Waals surface area contributed by atoms with Gasteiger partial charge in [0.05, 0.1) is 12.7 Å². The van der Waals surface area contributed by atoms with Gasteiger partial charge in [0.15, 0.2) is 5.96 Å². The molecule has 7 nitrogen and oxygen atoms in total. The summed E-state index contributed by atoms with van der Waals surface area (Å²) in [5.74, 6) is 1.58. The van der Waals surface area contributed by atoms with Crippen molar-refractivity contribution in [2.45, 2.75) is 70.6 Å². The minimum Gasteiger partial charge on any atom is -0.450 e. The Hall–Kier alpha value is -0.770. The summed E-state index contributed by atoms with van der Waals surface area (Å²) in [5, 5.41) is 7.41. The number of halogens is 1. The Morgan fingerprint density at radius 1 is 1.21 bits per heavy atom. The van der Waals surface area contributed by atoms with Crippen molar-refractivity contribution in [2.75, 3.05) is 32.8 Å². The molecule has 1 amide bonds. The Balaban J connectivity index is 0.00000225. The van der Waals surface area contributed by atoms with Crippen LogP contribution in [0, 0.1) is 11.3 Å². The largest absolute Gasteiger partial charge is 0.450 e. The lowest BCUT2D eigenvalue weighted by atomic mass is 9.46. The number of nitrogens with one attached hydrogen (secondary N) is 2. The van der Waals surface area contributed by atoms with Crippen LogP contribution in [0.4, 0.5) is 4.79 Å². The van der Waals surface area contributed by atoms with Gasteiger partial charge in [-0.1, -0.05) is 6.42 Å². The van der Waals surface area contributed by atoms with Gasteiger partial charge in [-0.15, -0.1) is 24.0 Å². The number of rotatable bonds is 4. The molecule has 2 aliphatic carbocycles. The van der Waals surface area contributed by atoms with Gasteiger partial charge in [-0.05, 0) is 46.0 Å². The molecule has 0 radical (unpaired) electrons. The average molecular weight is 506 g/mol. The number of fused-ring (bicyclic) bond motifs is 2. The number of likely N-dealkylation sites (tertiary alicyclic amines) is 1. The average Bonchev–Trinajstić information content (AvgIpc) is 3.04. The summed E-state index contributed by atoms with van der Waals surface area (Å²) < 4.78 is 11.1. The van der Waals surface area contributed by atoms with Crippen LogP contribution in [0.15, 0.2) is 4.99 Å². The molecule has 8 heteroatoms. The molecular weight excluding hydrogens is 471 g/mol. The summed E-state index contributed by atoms with van der Waals surface area (Å²) in [7, 11) is 0. The van der Waals surface area contributed by atoms with E-state index in [0.717, 1.165) is 45.0 Å². The van der Waals surface area contributed by atoms with Crippen LogP contribution in [0.3, 0.4) is 0 Å². The smallest absolute Gasteiger partial charge is 0.409 e. The highest BCUT2D eigenvalue weighted by molar-refractivity contribution is 14.0. The van der Waals surface area contributed by atoms with Crippen molar-refractivity contribution < 1.29 is 14.3 Å². The van der Waals surface area contributed by atoms with Crippen LogP contribution in [-0.4, -0.2) is 68.0 Å². The number of nitrogens with zero attached hydrogens (tertiary/aromatic N) is 2. The monoisotopic (exact) mass is 506 g/mol. The second-order valence-corrected chi connectivity index (χ2v) is 8.38. The molecule has 0 bridgehead atoms. The number of carbonyl (C=O) groups excluding carboxylic acids is 1. The highest BCUT2D eigenvalue weighted by atomic mass is 127. The lowest BCUT2D eigenvalue weighted by Gasteiger charge is -2.63. The number of guanidine groups is 1. The molecule has 0 aromatic heterocycles. The third kappa shape index (κ3) is 3.95. The molecule has 28 heavy (non-hydrogen) atoms. The molecule has 0 aromatic carbocycles. The fourth-order valence-electron chi connectivity index (χ4n) is 5.51. The van der Waals surface area contributed by atoms with Crippen LogP contribution in [0.2, 0.25) is 0 Å². The molecule has 2 N–H and O–H groups in total. The molecular formula is C20H35IN4O3. The van der Waals surface area contributed by atoms with Gasteiger partial charge in [-0.3, -0.25) is 4.99 Å². The number of ether oxygens (including phenoxy) is 2. The lowest BCUT2D eigenvalue weighted by Crippen LogP contribution is -2.72. The van der Waals surface area contributed by atoms with Gasteiger partial charge in [0, 0.05) is 49.7 Å². The van der Waals surface area contributed by atoms with Gasteiger partial charge >= 0.3 is 6.09 Å². The van der Waals surface area contributed by atoms with Gasteiger partial charge in [-0.2, -0.15) is 0 Å². The van der Waals surface area contributed by atoms with E-state index in [4.69, 9.17) is 14.5 Å². The van der Waals surface area contributed by atoms with E-state index in [1.807, 2.05) is 11.8 Å². The molecule has 2 aliphatic heterocycles. The topological polar surface area (TPSA) is 75.2 Å². The van der Waals surface area contributed by atoms with E-state index < -0.39 is 0 Å². The van der Waals surface area contributed by atoms with Gasteiger partial charge in [-0.25, -0.2) is 4.79 Å². The molecule has 4 aliphatic rings. The van der Waals surface area contributed by atoms with Crippen molar-refractivity contribution in [1.82, 2.24) is 15.5 Å². The Morgan fingerprint density at radius 3 is 2.57 bits per heavy atom. The Morgan fingerprint density at radius 2 is 1.96 bits per heavy atom. The van der Waals surface area contributed by atoms with E-state index >= 15 is 0 Å². The van der Waals surface area contributed by atoms with Crippen LogP contribution in [0.5, 0.6) is 0 Å². The van der Waals surface area contributed by atoms with Crippen molar-refractivity contribution in [1.29, 1.82) is 0 Å². The first-order valence-electron chi connectivity index (χ1n) is 10.8. The van der Waals surface area contributed by atoms with Gasteiger partial charge in [0.1, 0.15) is 0 Å². The fourth-order valence-corrected chi connectivity index (χ4v) is 5.51. The van der Waals surface area contributed by atoms with E-state index in [0.29, 0.717) is 36.1 Å². The second-order valence-electron chi connectivity index (χ2n) is 8.38. The van der Waals surface area contributed by atoms with Crippen LogP contribution in [0.25, 0.3) is 0 Å². The van der Waals surface area contributed by atoms with E-state index in [1.165, 1.54) is 25.7 Å². The Kier molecular flexibility index (Phi) is 7.33. The Bertz CT molecular complexity index is 576. The highest BCUT2D eigenvalue weighted by Crippen LogP contribution is 2.62. The number of amides is 1. The summed E-state index contributed by atoms with van der Waals surface area (Å²) in [6.45, 7) is 7.51. The van der Waals surface area contributed by atoms with E-state index in [-0.39, 0.29) is 30.1 Å². The summed E-state index contributed by atoms with van der Waals surface area (Å²) >= 11 is 0. The minimum absolute atomic E-state index is 0. The number of piperidine rings is 1. The van der Waals surface area contributed by atoms with Crippen molar-refractivity contribution in [3.05, 3.63) is 0 Å². The summed E-state index contributed by atoms with van der Waals surface area (Å²) in [6, 6.07) is 0.845. The van der Waals surface area contributed by atoms with Crippen LogP contribution >= 0.6 is 24.0 Å². The van der Waals surface area contributed by atoms with Crippen molar-refractivity contribution in [3.63, 3.8) is 0 Å². The zero-order valence-electron chi connectivity index (χ0n) is 17.1. The van der Waals surface area contributed by atoms with E-state index in [9.17, 15) is 4.79 Å². The summed E-state index contributed by atoms with van der Waals surface area (Å²) in [6.07, 6.45) is 7.19. The van der Waals surface area contributed by atoms with Crippen LogP contribution < -0.4 is 10.6 Å². The summed E-state index contributed by atoms with van der Waals surface area (Å²) in [5.41, 5.74) is 0.352. The summed E-state index contributed by atoms with van der Waals surface area (Å²) in [4.78, 5) is 18.4. The molecule has 2 heterocycles. The molecule has 3 atom stereocenters.